The number of nitrogen functional groups attached to an aromatic ring is 1. The molecule has 21 heavy (non-hydrogen) atoms. The highest BCUT2D eigenvalue weighted by Crippen LogP contribution is 2.48. The molecule has 0 spiro atoms. The number of fused-ring (bicyclic) bond motifs is 1. The summed E-state index contributed by atoms with van der Waals surface area (Å²) in [7, 11) is -3.20. The molecule has 1 aliphatic carbocycles. The van der Waals surface area contributed by atoms with Crippen LogP contribution in [0.15, 0.2) is 12.1 Å². The number of anilines is 1. The summed E-state index contributed by atoms with van der Waals surface area (Å²) >= 11 is 0. The van der Waals surface area contributed by atoms with Crippen molar-refractivity contribution in [3.05, 3.63) is 23.3 Å². The number of nitrogens with two attached hydrogens (primary N) is 1. The van der Waals surface area contributed by atoms with Gasteiger partial charge in [-0.05, 0) is 56.7 Å². The minimum absolute atomic E-state index is 0.0788. The lowest BCUT2D eigenvalue weighted by molar-refractivity contribution is 0.196. The summed E-state index contributed by atoms with van der Waals surface area (Å²) in [4.78, 5) is 0. The van der Waals surface area contributed by atoms with Crippen LogP contribution < -0.4 is 10.5 Å². The van der Waals surface area contributed by atoms with Crippen LogP contribution in [-0.2, 0) is 26.5 Å². The van der Waals surface area contributed by atoms with E-state index in [1.807, 2.05) is 6.07 Å². The van der Waals surface area contributed by atoms with Crippen molar-refractivity contribution in [3.63, 3.8) is 0 Å². The predicted octanol–water partition coefficient (Wildman–Crippen LogP) is 3.75. The molecule has 0 bridgehead atoms. The van der Waals surface area contributed by atoms with E-state index in [2.05, 4.69) is 0 Å². The zero-order chi connectivity index (χ0) is 15.3. The minimum atomic E-state index is -3.20. The van der Waals surface area contributed by atoms with E-state index < -0.39 is 7.60 Å². The van der Waals surface area contributed by atoms with Gasteiger partial charge >= 0.3 is 7.60 Å². The van der Waals surface area contributed by atoms with Crippen molar-refractivity contribution >= 4 is 13.3 Å². The summed E-state index contributed by atoms with van der Waals surface area (Å²) in [6, 6.07) is 3.80. The summed E-state index contributed by atoms with van der Waals surface area (Å²) < 4.78 is 28.7. The molecular weight excluding hydrogens is 289 g/mol. The first-order chi connectivity index (χ1) is 10.1. The number of hydrogen-bond acceptors (Lipinski definition) is 5. The van der Waals surface area contributed by atoms with Gasteiger partial charge in [0.2, 0.25) is 0 Å². The summed E-state index contributed by atoms with van der Waals surface area (Å²) in [5.41, 5.74) is 9.01. The number of hydrogen-bond donors (Lipinski definition) is 1. The molecule has 0 saturated carbocycles. The molecule has 0 heterocycles. The van der Waals surface area contributed by atoms with Gasteiger partial charge in [0.05, 0.1) is 13.2 Å². The maximum atomic E-state index is 12.4. The van der Waals surface area contributed by atoms with Crippen LogP contribution in [-0.4, -0.2) is 19.6 Å². The maximum Gasteiger partial charge on any atom is 0.367 e. The fourth-order valence-electron chi connectivity index (χ4n) is 2.63. The first-order valence-corrected chi connectivity index (χ1v) is 9.23. The molecule has 2 rings (SSSR count). The quantitative estimate of drug-likeness (QED) is 0.613. The molecule has 5 nitrogen and oxygen atoms in total. The van der Waals surface area contributed by atoms with E-state index in [0.717, 1.165) is 19.3 Å². The topological polar surface area (TPSA) is 70.8 Å². The van der Waals surface area contributed by atoms with Gasteiger partial charge in [0.1, 0.15) is 5.75 Å². The first-order valence-electron chi connectivity index (χ1n) is 7.50. The van der Waals surface area contributed by atoms with Crippen molar-refractivity contribution in [3.8, 4) is 5.75 Å². The largest absolute Gasteiger partial charge is 0.481 e. The zero-order valence-electron chi connectivity index (χ0n) is 12.8. The smallest absolute Gasteiger partial charge is 0.367 e. The fraction of sp³-hybridized carbons (Fsp3) is 0.600. The molecule has 0 fully saturated rings. The lowest BCUT2D eigenvalue weighted by Crippen LogP contribution is -2.10. The Hall–Kier alpha value is -1.03. The Morgan fingerprint density at radius 2 is 1.81 bits per heavy atom. The first kappa shape index (κ1) is 16.3. The van der Waals surface area contributed by atoms with Crippen molar-refractivity contribution in [2.24, 2.45) is 0 Å². The standard InChI is InChI=1S/C15H24NO4P/c1-3-19-21(17,20-4-2)11-18-15-10-13(16)9-12-7-5-6-8-14(12)15/h9-10H,3-8,11,16H2,1-2H3. The normalized spacial score (nSPS) is 14.8. The third-order valence-electron chi connectivity index (χ3n) is 3.48. The molecule has 1 aromatic carbocycles. The molecule has 0 atom stereocenters. The van der Waals surface area contributed by atoms with Crippen LogP contribution in [0, 0.1) is 0 Å². The number of aryl methyl sites for hydroxylation is 1. The van der Waals surface area contributed by atoms with Crippen LogP contribution in [0.4, 0.5) is 5.69 Å². The van der Waals surface area contributed by atoms with Crippen LogP contribution in [0.5, 0.6) is 5.75 Å². The number of ether oxygens (including phenoxy) is 1. The molecule has 1 aliphatic rings. The molecular formula is C15H24NO4P. The average Bonchev–Trinajstić information content (AvgIpc) is 2.45. The van der Waals surface area contributed by atoms with Crippen molar-refractivity contribution in [2.75, 3.05) is 25.3 Å². The zero-order valence-corrected chi connectivity index (χ0v) is 13.7. The van der Waals surface area contributed by atoms with Crippen LogP contribution in [0.25, 0.3) is 0 Å². The van der Waals surface area contributed by atoms with Crippen molar-refractivity contribution in [1.29, 1.82) is 0 Å². The fourth-order valence-corrected chi connectivity index (χ4v) is 3.94. The Morgan fingerprint density at radius 3 is 2.48 bits per heavy atom. The molecule has 0 aliphatic heterocycles. The highest BCUT2D eigenvalue weighted by Gasteiger charge is 2.26. The van der Waals surface area contributed by atoms with Gasteiger partial charge in [-0.3, -0.25) is 4.57 Å². The summed E-state index contributed by atoms with van der Waals surface area (Å²) in [6.07, 6.45) is 4.22. The lowest BCUT2D eigenvalue weighted by Gasteiger charge is -2.22. The van der Waals surface area contributed by atoms with E-state index in [1.165, 1.54) is 17.5 Å². The monoisotopic (exact) mass is 313 g/mol. The van der Waals surface area contributed by atoms with Crippen LogP contribution in [0.2, 0.25) is 0 Å². The van der Waals surface area contributed by atoms with E-state index in [4.69, 9.17) is 19.5 Å². The van der Waals surface area contributed by atoms with Gasteiger partial charge in [0.25, 0.3) is 0 Å². The summed E-state index contributed by atoms with van der Waals surface area (Å²) in [6.45, 7) is 4.23. The Morgan fingerprint density at radius 1 is 1.14 bits per heavy atom. The van der Waals surface area contributed by atoms with Crippen LogP contribution in [0.1, 0.15) is 37.8 Å². The molecule has 0 radical (unpaired) electrons. The third kappa shape index (κ3) is 4.22. The molecule has 2 N–H and O–H groups in total. The molecule has 0 amide bonds. The highest BCUT2D eigenvalue weighted by molar-refractivity contribution is 7.53. The van der Waals surface area contributed by atoms with Crippen molar-refractivity contribution < 1.29 is 18.3 Å². The molecule has 118 valence electrons. The minimum Gasteiger partial charge on any atom is -0.481 e. The van der Waals surface area contributed by atoms with Crippen LogP contribution in [0.3, 0.4) is 0 Å². The second kappa shape index (κ2) is 7.30. The summed E-state index contributed by atoms with van der Waals surface area (Å²) in [5.74, 6) is 0.712. The Kier molecular flexibility index (Phi) is 5.68. The Bertz CT molecular complexity index is 523. The maximum absolute atomic E-state index is 12.4. The van der Waals surface area contributed by atoms with Crippen molar-refractivity contribution in [1.82, 2.24) is 0 Å². The highest BCUT2D eigenvalue weighted by atomic mass is 31.2. The Labute approximate surface area is 126 Å². The van der Waals surface area contributed by atoms with Gasteiger partial charge in [-0.15, -0.1) is 0 Å². The van der Waals surface area contributed by atoms with Gasteiger partial charge in [-0.2, -0.15) is 0 Å². The number of rotatable bonds is 7. The van der Waals surface area contributed by atoms with E-state index in [1.54, 1.807) is 19.9 Å². The second-order valence-electron chi connectivity index (χ2n) is 5.08. The molecule has 0 saturated heterocycles. The van der Waals surface area contributed by atoms with Gasteiger partial charge in [-0.1, -0.05) is 0 Å². The van der Waals surface area contributed by atoms with Gasteiger partial charge in [0, 0.05) is 11.8 Å². The van der Waals surface area contributed by atoms with Crippen molar-refractivity contribution in [2.45, 2.75) is 39.5 Å². The van der Waals surface area contributed by atoms with Gasteiger partial charge in [-0.25, -0.2) is 0 Å². The SMILES string of the molecule is CCOP(=O)(COc1cc(N)cc2c1CCCC2)OCC. The van der Waals surface area contributed by atoms with Crippen LogP contribution >= 0.6 is 7.60 Å². The lowest BCUT2D eigenvalue weighted by atomic mass is 9.90. The Balaban J connectivity index is 2.15. The predicted molar refractivity (Wildman–Crippen MR) is 83.8 cm³/mol. The average molecular weight is 313 g/mol. The van der Waals surface area contributed by atoms with Gasteiger partial charge in [0.15, 0.2) is 6.35 Å². The molecule has 6 heteroatoms. The van der Waals surface area contributed by atoms with E-state index in [0.29, 0.717) is 24.7 Å². The molecule has 0 unspecified atom stereocenters. The number of benzene rings is 1. The molecule has 1 aromatic rings. The molecule has 0 aromatic heterocycles. The van der Waals surface area contributed by atoms with E-state index in [-0.39, 0.29) is 6.35 Å². The second-order valence-corrected chi connectivity index (χ2v) is 7.08. The third-order valence-corrected chi connectivity index (χ3v) is 5.22. The van der Waals surface area contributed by atoms with Gasteiger partial charge < -0.3 is 19.5 Å². The van der Waals surface area contributed by atoms with E-state index >= 15 is 0 Å². The summed E-state index contributed by atoms with van der Waals surface area (Å²) in [5, 5.41) is 0. The van der Waals surface area contributed by atoms with E-state index in [9.17, 15) is 4.57 Å².